The number of benzene rings is 1. The molecule has 0 atom stereocenters. The van der Waals surface area contributed by atoms with Crippen molar-refractivity contribution in [2.45, 2.75) is 24.0 Å². The van der Waals surface area contributed by atoms with Crippen molar-refractivity contribution in [3.05, 3.63) is 34.3 Å². The van der Waals surface area contributed by atoms with Crippen molar-refractivity contribution in [2.75, 3.05) is 11.9 Å². The van der Waals surface area contributed by atoms with Crippen LogP contribution >= 0.6 is 34.7 Å². The van der Waals surface area contributed by atoms with E-state index in [-0.39, 0.29) is 0 Å². The minimum absolute atomic E-state index is 0.788. The third-order valence-electron chi connectivity index (χ3n) is 2.18. The zero-order chi connectivity index (χ0) is 12.8. The summed E-state index contributed by atoms with van der Waals surface area (Å²) in [6.45, 7) is 3.06. The van der Waals surface area contributed by atoms with Crippen molar-refractivity contribution in [1.82, 2.24) is 10.2 Å². The molecule has 0 saturated carbocycles. The van der Waals surface area contributed by atoms with Gasteiger partial charge < -0.3 is 5.32 Å². The van der Waals surface area contributed by atoms with Gasteiger partial charge in [0.15, 0.2) is 0 Å². The maximum atomic E-state index is 6.10. The number of nitrogens with zero attached hydrogens (tertiary/aromatic N) is 2. The monoisotopic (exact) mass is 299 g/mol. The lowest BCUT2D eigenvalue weighted by Crippen LogP contribution is -1.98. The number of anilines is 1. The Morgan fingerprint density at radius 2 is 2.17 bits per heavy atom. The lowest BCUT2D eigenvalue weighted by Gasteiger charge is -2.00. The zero-order valence-corrected chi connectivity index (χ0v) is 12.4. The van der Waals surface area contributed by atoms with Gasteiger partial charge in [0.2, 0.25) is 5.13 Å². The Balaban J connectivity index is 1.90. The van der Waals surface area contributed by atoms with E-state index in [1.54, 1.807) is 23.1 Å². The predicted molar refractivity (Wildman–Crippen MR) is 79.7 cm³/mol. The molecular weight excluding hydrogens is 286 g/mol. The van der Waals surface area contributed by atoms with E-state index in [1.165, 1.54) is 0 Å². The van der Waals surface area contributed by atoms with Crippen molar-refractivity contribution in [3.8, 4) is 0 Å². The molecule has 0 aliphatic rings. The van der Waals surface area contributed by atoms with Gasteiger partial charge in [0, 0.05) is 11.4 Å². The summed E-state index contributed by atoms with van der Waals surface area (Å²) in [6, 6.07) is 7.84. The van der Waals surface area contributed by atoms with E-state index in [0.29, 0.717) is 0 Å². The van der Waals surface area contributed by atoms with Crippen LogP contribution in [0.25, 0.3) is 0 Å². The van der Waals surface area contributed by atoms with E-state index in [9.17, 15) is 0 Å². The topological polar surface area (TPSA) is 37.8 Å². The van der Waals surface area contributed by atoms with Crippen molar-refractivity contribution >= 4 is 39.8 Å². The third kappa shape index (κ3) is 3.86. The van der Waals surface area contributed by atoms with Crippen LogP contribution in [0, 0.1) is 0 Å². The molecule has 0 unspecified atom stereocenters. The average Bonchev–Trinajstić information content (AvgIpc) is 2.83. The molecule has 6 heteroatoms. The molecule has 1 aromatic heterocycles. The smallest absolute Gasteiger partial charge is 0.205 e. The molecule has 0 radical (unpaired) electrons. The minimum atomic E-state index is 0.788. The van der Waals surface area contributed by atoms with Crippen LogP contribution in [0.2, 0.25) is 5.02 Å². The van der Waals surface area contributed by atoms with Gasteiger partial charge in [-0.1, -0.05) is 42.0 Å². The summed E-state index contributed by atoms with van der Waals surface area (Å²) in [5.41, 5.74) is 0. The van der Waals surface area contributed by atoms with Crippen LogP contribution < -0.4 is 5.32 Å². The molecule has 2 aromatic rings. The van der Waals surface area contributed by atoms with Gasteiger partial charge in [-0.05, 0) is 18.6 Å². The first-order chi connectivity index (χ1) is 8.79. The molecule has 96 valence electrons. The summed E-state index contributed by atoms with van der Waals surface area (Å²) >= 11 is 9.38. The van der Waals surface area contributed by atoms with Crippen molar-refractivity contribution < 1.29 is 0 Å². The normalized spacial score (nSPS) is 10.6. The maximum Gasteiger partial charge on any atom is 0.205 e. The van der Waals surface area contributed by atoms with Crippen molar-refractivity contribution in [1.29, 1.82) is 0 Å². The maximum absolute atomic E-state index is 6.10. The lowest BCUT2D eigenvalue weighted by atomic mass is 10.4. The fourth-order valence-corrected chi connectivity index (χ4v) is 3.31. The largest absolute Gasteiger partial charge is 0.360 e. The Morgan fingerprint density at radius 1 is 1.33 bits per heavy atom. The Morgan fingerprint density at radius 3 is 2.94 bits per heavy atom. The Labute approximate surface area is 120 Å². The van der Waals surface area contributed by atoms with Crippen LogP contribution in [0.5, 0.6) is 0 Å². The SMILES string of the molecule is CCCNc1nnc(CSc2ccccc2Cl)s1. The standard InChI is InChI=1S/C12H14ClN3S2/c1-2-7-14-12-16-15-11(18-12)8-17-10-6-4-3-5-9(10)13/h3-6H,2,7-8H2,1H3,(H,14,16). The summed E-state index contributed by atoms with van der Waals surface area (Å²) in [5, 5.41) is 14.2. The second-order valence-corrected chi connectivity index (χ2v) is 6.13. The van der Waals surface area contributed by atoms with E-state index in [2.05, 4.69) is 22.4 Å². The molecule has 0 aliphatic heterocycles. The zero-order valence-electron chi connectivity index (χ0n) is 10.0. The second-order valence-electron chi connectivity index (χ2n) is 3.65. The van der Waals surface area contributed by atoms with E-state index in [0.717, 1.165) is 38.8 Å². The molecule has 1 N–H and O–H groups in total. The fourth-order valence-electron chi connectivity index (χ4n) is 1.32. The second kappa shape index (κ2) is 6.97. The first-order valence-corrected chi connectivity index (χ1v) is 7.91. The summed E-state index contributed by atoms with van der Waals surface area (Å²) in [7, 11) is 0. The average molecular weight is 300 g/mol. The van der Waals surface area contributed by atoms with Crippen LogP contribution in [0.15, 0.2) is 29.2 Å². The van der Waals surface area contributed by atoms with Crippen molar-refractivity contribution in [2.24, 2.45) is 0 Å². The van der Waals surface area contributed by atoms with Gasteiger partial charge in [0.1, 0.15) is 5.01 Å². The van der Waals surface area contributed by atoms with Crippen LogP contribution in [0.1, 0.15) is 18.4 Å². The van der Waals surface area contributed by atoms with E-state index in [1.807, 2.05) is 24.3 Å². The summed E-state index contributed by atoms with van der Waals surface area (Å²) in [6.07, 6.45) is 1.09. The van der Waals surface area contributed by atoms with Crippen LogP contribution in [0.4, 0.5) is 5.13 Å². The molecule has 1 aromatic carbocycles. The number of nitrogens with one attached hydrogen (secondary N) is 1. The quantitative estimate of drug-likeness (QED) is 0.807. The van der Waals surface area contributed by atoms with Gasteiger partial charge in [0.25, 0.3) is 0 Å². The molecule has 0 saturated heterocycles. The number of hydrogen-bond donors (Lipinski definition) is 1. The van der Waals surface area contributed by atoms with Gasteiger partial charge in [-0.2, -0.15) is 0 Å². The molecule has 0 fully saturated rings. The van der Waals surface area contributed by atoms with Crippen LogP contribution in [-0.2, 0) is 5.75 Å². The molecule has 0 bridgehead atoms. The number of aromatic nitrogens is 2. The minimum Gasteiger partial charge on any atom is -0.360 e. The Hall–Kier alpha value is -0.780. The highest BCUT2D eigenvalue weighted by Gasteiger charge is 2.05. The predicted octanol–water partition coefficient (Wildman–Crippen LogP) is 4.31. The Bertz CT molecular complexity index is 502. The molecule has 0 aliphatic carbocycles. The van der Waals surface area contributed by atoms with Gasteiger partial charge in [0.05, 0.1) is 10.8 Å². The first-order valence-electron chi connectivity index (χ1n) is 5.73. The number of rotatable bonds is 6. The van der Waals surface area contributed by atoms with E-state index in [4.69, 9.17) is 11.6 Å². The molecule has 0 spiro atoms. The first kappa shape index (κ1) is 13.6. The van der Waals surface area contributed by atoms with Gasteiger partial charge in [-0.3, -0.25) is 0 Å². The summed E-state index contributed by atoms with van der Waals surface area (Å²) in [4.78, 5) is 1.08. The highest BCUT2D eigenvalue weighted by atomic mass is 35.5. The summed E-state index contributed by atoms with van der Waals surface area (Å²) in [5.74, 6) is 0.801. The van der Waals surface area contributed by atoms with Gasteiger partial charge in [-0.25, -0.2) is 0 Å². The number of thioether (sulfide) groups is 1. The van der Waals surface area contributed by atoms with E-state index < -0.39 is 0 Å². The van der Waals surface area contributed by atoms with Crippen LogP contribution in [-0.4, -0.2) is 16.7 Å². The molecular formula is C12H14ClN3S2. The number of hydrogen-bond acceptors (Lipinski definition) is 5. The van der Waals surface area contributed by atoms with Gasteiger partial charge >= 0.3 is 0 Å². The summed E-state index contributed by atoms with van der Waals surface area (Å²) < 4.78 is 0. The van der Waals surface area contributed by atoms with Gasteiger partial charge in [-0.15, -0.1) is 22.0 Å². The lowest BCUT2D eigenvalue weighted by molar-refractivity contribution is 0.958. The third-order valence-corrected chi connectivity index (χ3v) is 4.77. The van der Waals surface area contributed by atoms with Crippen LogP contribution in [0.3, 0.4) is 0 Å². The number of halogens is 1. The highest BCUT2D eigenvalue weighted by molar-refractivity contribution is 7.98. The molecule has 2 rings (SSSR count). The van der Waals surface area contributed by atoms with Crippen molar-refractivity contribution in [3.63, 3.8) is 0 Å². The Kier molecular flexibility index (Phi) is 5.28. The molecule has 0 amide bonds. The molecule has 3 nitrogen and oxygen atoms in total. The molecule has 18 heavy (non-hydrogen) atoms. The fraction of sp³-hybridized carbons (Fsp3) is 0.333. The van der Waals surface area contributed by atoms with E-state index >= 15 is 0 Å². The highest BCUT2D eigenvalue weighted by Crippen LogP contribution is 2.30. The molecule has 1 heterocycles.